The maximum atomic E-state index is 12.2. The zero-order valence-corrected chi connectivity index (χ0v) is 12.1. The smallest absolute Gasteiger partial charge is 0.254 e. The van der Waals surface area contributed by atoms with Crippen molar-refractivity contribution in [3.63, 3.8) is 0 Å². The third-order valence-electron chi connectivity index (χ3n) is 3.26. The molecule has 0 radical (unpaired) electrons. The van der Waals surface area contributed by atoms with E-state index in [-0.39, 0.29) is 11.9 Å². The normalized spacial score (nSPS) is 15.8. The van der Waals surface area contributed by atoms with Crippen molar-refractivity contribution < 1.29 is 4.79 Å². The van der Waals surface area contributed by atoms with Gasteiger partial charge in [-0.2, -0.15) is 0 Å². The maximum Gasteiger partial charge on any atom is 0.254 e. The average molecular weight is 267 g/mol. The minimum atomic E-state index is -0.0232. The molecule has 1 aromatic heterocycles. The summed E-state index contributed by atoms with van der Waals surface area (Å²) in [7, 11) is 0. The van der Waals surface area contributed by atoms with Gasteiger partial charge in [-0.3, -0.25) is 9.69 Å². The standard InChI is InChI=1S/C13H21N3OS/c1-4-16-6-5-9-10(7-16)18-12(14)11(9)13(17)15-8(2)3/h8H,4-7,14H2,1-3H3,(H,15,17). The summed E-state index contributed by atoms with van der Waals surface area (Å²) in [5.74, 6) is -0.0232. The molecule has 1 amide bonds. The number of hydrogen-bond acceptors (Lipinski definition) is 4. The van der Waals surface area contributed by atoms with Gasteiger partial charge in [0.15, 0.2) is 0 Å². The van der Waals surface area contributed by atoms with Crippen LogP contribution in [0, 0.1) is 0 Å². The number of thiophene rings is 1. The van der Waals surface area contributed by atoms with Crippen LogP contribution in [0.3, 0.4) is 0 Å². The largest absolute Gasteiger partial charge is 0.390 e. The molecule has 0 aromatic carbocycles. The molecule has 3 N–H and O–H groups in total. The van der Waals surface area contributed by atoms with Gasteiger partial charge in [0.1, 0.15) is 0 Å². The fraction of sp³-hybridized carbons (Fsp3) is 0.615. The second-order valence-corrected chi connectivity index (χ2v) is 6.13. The molecule has 100 valence electrons. The Morgan fingerprint density at radius 2 is 2.28 bits per heavy atom. The number of amides is 1. The highest BCUT2D eigenvalue weighted by Crippen LogP contribution is 2.35. The van der Waals surface area contributed by atoms with Crippen LogP contribution in [0.2, 0.25) is 0 Å². The summed E-state index contributed by atoms with van der Waals surface area (Å²) < 4.78 is 0. The molecule has 2 rings (SSSR count). The molecule has 18 heavy (non-hydrogen) atoms. The van der Waals surface area contributed by atoms with E-state index in [1.165, 1.54) is 10.4 Å². The van der Waals surface area contributed by atoms with Crippen molar-refractivity contribution in [1.29, 1.82) is 0 Å². The first-order valence-electron chi connectivity index (χ1n) is 6.46. The Morgan fingerprint density at radius 3 is 2.89 bits per heavy atom. The van der Waals surface area contributed by atoms with Gasteiger partial charge in [-0.15, -0.1) is 11.3 Å². The molecular formula is C13H21N3OS. The quantitative estimate of drug-likeness (QED) is 0.878. The van der Waals surface area contributed by atoms with Crippen LogP contribution in [0.15, 0.2) is 0 Å². The van der Waals surface area contributed by atoms with E-state index in [2.05, 4.69) is 17.1 Å². The lowest BCUT2D eigenvalue weighted by molar-refractivity contribution is 0.0943. The van der Waals surface area contributed by atoms with Gasteiger partial charge in [0.25, 0.3) is 5.91 Å². The Bertz CT molecular complexity index is 453. The van der Waals surface area contributed by atoms with Crippen molar-refractivity contribution >= 4 is 22.2 Å². The molecule has 0 atom stereocenters. The molecular weight excluding hydrogens is 246 g/mol. The number of nitrogen functional groups attached to an aromatic ring is 1. The summed E-state index contributed by atoms with van der Waals surface area (Å²) >= 11 is 1.57. The molecule has 0 spiro atoms. The molecule has 0 saturated carbocycles. The average Bonchev–Trinajstić information content (AvgIpc) is 2.62. The number of likely N-dealkylation sites (N-methyl/N-ethyl adjacent to an activating group) is 1. The summed E-state index contributed by atoms with van der Waals surface area (Å²) in [6.07, 6.45) is 0.928. The molecule has 1 aliphatic rings. The van der Waals surface area contributed by atoms with E-state index in [0.717, 1.165) is 31.6 Å². The summed E-state index contributed by atoms with van der Waals surface area (Å²) in [5, 5.41) is 3.60. The van der Waals surface area contributed by atoms with Crippen molar-refractivity contribution in [3.05, 3.63) is 16.0 Å². The topological polar surface area (TPSA) is 58.4 Å². The second-order valence-electron chi connectivity index (χ2n) is 4.99. The van der Waals surface area contributed by atoms with E-state index >= 15 is 0 Å². The van der Waals surface area contributed by atoms with Gasteiger partial charge < -0.3 is 11.1 Å². The van der Waals surface area contributed by atoms with Crippen LogP contribution in [0.25, 0.3) is 0 Å². The van der Waals surface area contributed by atoms with Gasteiger partial charge in [0.05, 0.1) is 10.6 Å². The van der Waals surface area contributed by atoms with Crippen molar-refractivity contribution in [3.8, 4) is 0 Å². The first kappa shape index (κ1) is 13.4. The van der Waals surface area contributed by atoms with E-state index in [1.54, 1.807) is 11.3 Å². The molecule has 2 heterocycles. The Kier molecular flexibility index (Phi) is 3.92. The van der Waals surface area contributed by atoms with Crippen LogP contribution in [0.4, 0.5) is 5.00 Å². The second kappa shape index (κ2) is 5.28. The van der Waals surface area contributed by atoms with Gasteiger partial charge in [-0.25, -0.2) is 0 Å². The summed E-state index contributed by atoms with van der Waals surface area (Å²) in [6.45, 7) is 9.08. The number of nitrogens with zero attached hydrogens (tertiary/aromatic N) is 1. The van der Waals surface area contributed by atoms with E-state index in [9.17, 15) is 4.79 Å². The Hall–Kier alpha value is -1.07. The molecule has 0 unspecified atom stereocenters. The van der Waals surface area contributed by atoms with Gasteiger partial charge in [-0.05, 0) is 32.4 Å². The predicted octanol–water partition coefficient (Wildman–Crippen LogP) is 1.85. The third kappa shape index (κ3) is 2.52. The lowest BCUT2D eigenvalue weighted by atomic mass is 10.0. The Morgan fingerprint density at radius 1 is 1.56 bits per heavy atom. The van der Waals surface area contributed by atoms with Crippen LogP contribution in [0.1, 0.15) is 41.6 Å². The molecule has 0 aliphatic carbocycles. The lowest BCUT2D eigenvalue weighted by Crippen LogP contribution is -2.33. The molecule has 1 aliphatic heterocycles. The summed E-state index contributed by atoms with van der Waals surface area (Å²) in [6, 6.07) is 0.142. The summed E-state index contributed by atoms with van der Waals surface area (Å²) in [4.78, 5) is 15.8. The number of hydrogen-bond donors (Lipinski definition) is 2. The molecule has 0 bridgehead atoms. The lowest BCUT2D eigenvalue weighted by Gasteiger charge is -2.25. The van der Waals surface area contributed by atoms with Gasteiger partial charge >= 0.3 is 0 Å². The monoisotopic (exact) mass is 267 g/mol. The molecule has 0 fully saturated rings. The fourth-order valence-electron chi connectivity index (χ4n) is 2.33. The zero-order chi connectivity index (χ0) is 13.3. The van der Waals surface area contributed by atoms with Crippen LogP contribution in [-0.2, 0) is 13.0 Å². The predicted molar refractivity (Wildman–Crippen MR) is 76.0 cm³/mol. The third-order valence-corrected chi connectivity index (χ3v) is 4.30. The van der Waals surface area contributed by atoms with E-state index in [0.29, 0.717) is 5.00 Å². The molecule has 1 aromatic rings. The van der Waals surface area contributed by atoms with Gasteiger partial charge in [0.2, 0.25) is 0 Å². The number of anilines is 1. The SMILES string of the molecule is CCN1CCc2c(sc(N)c2C(=O)NC(C)C)C1. The zero-order valence-electron chi connectivity index (χ0n) is 11.2. The first-order valence-corrected chi connectivity index (χ1v) is 7.27. The van der Waals surface area contributed by atoms with E-state index in [1.807, 2.05) is 13.8 Å². The van der Waals surface area contributed by atoms with Crippen LogP contribution < -0.4 is 11.1 Å². The highest BCUT2D eigenvalue weighted by Gasteiger charge is 2.26. The molecule has 5 heteroatoms. The molecule has 0 saturated heterocycles. The number of carbonyl (C=O) groups excluding carboxylic acids is 1. The number of rotatable bonds is 3. The van der Waals surface area contributed by atoms with Crippen LogP contribution in [-0.4, -0.2) is 29.9 Å². The van der Waals surface area contributed by atoms with Gasteiger partial charge in [-0.1, -0.05) is 6.92 Å². The van der Waals surface area contributed by atoms with Crippen LogP contribution >= 0.6 is 11.3 Å². The minimum Gasteiger partial charge on any atom is -0.390 e. The van der Waals surface area contributed by atoms with Crippen LogP contribution in [0.5, 0.6) is 0 Å². The Balaban J connectivity index is 2.28. The van der Waals surface area contributed by atoms with E-state index in [4.69, 9.17) is 5.73 Å². The first-order chi connectivity index (χ1) is 8.52. The highest BCUT2D eigenvalue weighted by atomic mass is 32.1. The highest BCUT2D eigenvalue weighted by molar-refractivity contribution is 7.16. The van der Waals surface area contributed by atoms with Crippen molar-refractivity contribution in [2.24, 2.45) is 0 Å². The number of nitrogens with one attached hydrogen (secondary N) is 1. The number of carbonyl (C=O) groups is 1. The number of nitrogens with two attached hydrogens (primary N) is 1. The molecule has 4 nitrogen and oxygen atoms in total. The van der Waals surface area contributed by atoms with Crippen molar-refractivity contribution in [2.75, 3.05) is 18.8 Å². The van der Waals surface area contributed by atoms with Crippen molar-refractivity contribution in [2.45, 2.75) is 39.8 Å². The van der Waals surface area contributed by atoms with Gasteiger partial charge in [0, 0.05) is 24.0 Å². The Labute approximate surface area is 112 Å². The summed E-state index contributed by atoms with van der Waals surface area (Å²) in [5.41, 5.74) is 7.91. The number of fused-ring (bicyclic) bond motifs is 1. The maximum absolute atomic E-state index is 12.2. The fourth-order valence-corrected chi connectivity index (χ4v) is 3.49. The van der Waals surface area contributed by atoms with E-state index < -0.39 is 0 Å². The van der Waals surface area contributed by atoms with Crippen molar-refractivity contribution in [1.82, 2.24) is 10.2 Å². The minimum absolute atomic E-state index is 0.0232.